The zero-order valence-electron chi connectivity index (χ0n) is 12.7. The fourth-order valence-corrected chi connectivity index (χ4v) is 2.94. The highest BCUT2D eigenvalue weighted by Crippen LogP contribution is 2.31. The molecule has 1 aliphatic rings. The lowest BCUT2D eigenvalue weighted by molar-refractivity contribution is -0.111. The smallest absolute Gasteiger partial charge is 0.248 e. The molecule has 124 valence electrons. The van der Waals surface area contributed by atoms with E-state index >= 15 is 0 Å². The summed E-state index contributed by atoms with van der Waals surface area (Å²) in [5, 5.41) is 3.22. The number of nitrogens with one attached hydrogen (secondary N) is 1. The van der Waals surface area contributed by atoms with Gasteiger partial charge in [-0.05, 0) is 42.0 Å². The standard InChI is InChI=1S/C18H15BrClNO3/c19-13-4-5-15(14(20)11-13)21-18(22)7-3-12-2-6-16-17(10-12)24-9-1-8-23-16/h2-7,10-11H,1,8-9H2,(H,21,22)/b7-3+. The Morgan fingerprint density at radius 3 is 2.71 bits per heavy atom. The number of carbonyl (C=O) groups is 1. The van der Waals surface area contributed by atoms with Crippen LogP contribution < -0.4 is 14.8 Å². The van der Waals surface area contributed by atoms with E-state index < -0.39 is 0 Å². The second-order valence-electron chi connectivity index (χ2n) is 5.20. The fraction of sp³-hybridized carbons (Fsp3) is 0.167. The van der Waals surface area contributed by atoms with Gasteiger partial charge in [-0.3, -0.25) is 4.79 Å². The predicted molar refractivity (Wildman–Crippen MR) is 98.9 cm³/mol. The molecule has 0 radical (unpaired) electrons. The maximum absolute atomic E-state index is 12.0. The number of carbonyl (C=O) groups excluding carboxylic acids is 1. The summed E-state index contributed by atoms with van der Waals surface area (Å²) in [4.78, 5) is 12.0. The summed E-state index contributed by atoms with van der Waals surface area (Å²) in [6.07, 6.45) is 4.03. The van der Waals surface area contributed by atoms with Crippen molar-refractivity contribution in [1.82, 2.24) is 0 Å². The fourth-order valence-electron chi connectivity index (χ4n) is 2.22. The number of benzene rings is 2. The molecule has 0 aliphatic carbocycles. The molecule has 0 fully saturated rings. The molecular weight excluding hydrogens is 394 g/mol. The number of fused-ring (bicyclic) bond motifs is 1. The number of anilines is 1. The average Bonchev–Trinajstić information content (AvgIpc) is 2.80. The summed E-state index contributed by atoms with van der Waals surface area (Å²) in [6.45, 7) is 1.28. The monoisotopic (exact) mass is 407 g/mol. The van der Waals surface area contributed by atoms with Gasteiger partial charge in [0.2, 0.25) is 5.91 Å². The van der Waals surface area contributed by atoms with Crippen molar-refractivity contribution in [2.24, 2.45) is 0 Å². The number of hydrogen-bond donors (Lipinski definition) is 1. The molecule has 1 N–H and O–H groups in total. The van der Waals surface area contributed by atoms with Gasteiger partial charge in [-0.15, -0.1) is 0 Å². The molecule has 1 amide bonds. The van der Waals surface area contributed by atoms with Gasteiger partial charge >= 0.3 is 0 Å². The van der Waals surface area contributed by atoms with Crippen LogP contribution in [0.25, 0.3) is 6.08 Å². The Labute approximate surface area is 153 Å². The van der Waals surface area contributed by atoms with E-state index in [1.165, 1.54) is 6.08 Å². The molecule has 3 rings (SSSR count). The zero-order valence-corrected chi connectivity index (χ0v) is 15.1. The van der Waals surface area contributed by atoms with E-state index in [2.05, 4.69) is 21.2 Å². The summed E-state index contributed by atoms with van der Waals surface area (Å²) in [7, 11) is 0. The van der Waals surface area contributed by atoms with E-state index in [0.29, 0.717) is 29.7 Å². The van der Waals surface area contributed by atoms with Crippen LogP contribution in [0.5, 0.6) is 11.5 Å². The first-order valence-electron chi connectivity index (χ1n) is 7.45. The second-order valence-corrected chi connectivity index (χ2v) is 6.53. The third kappa shape index (κ3) is 4.30. The average molecular weight is 409 g/mol. The van der Waals surface area contributed by atoms with Gasteiger partial charge in [0, 0.05) is 17.0 Å². The van der Waals surface area contributed by atoms with Crippen molar-refractivity contribution in [3.05, 3.63) is 57.5 Å². The number of amides is 1. The lowest BCUT2D eigenvalue weighted by Crippen LogP contribution is -2.08. The van der Waals surface area contributed by atoms with Crippen molar-refractivity contribution < 1.29 is 14.3 Å². The molecule has 24 heavy (non-hydrogen) atoms. The molecule has 0 aromatic heterocycles. The van der Waals surface area contributed by atoms with Crippen molar-refractivity contribution in [3.63, 3.8) is 0 Å². The molecule has 0 saturated carbocycles. The first-order chi connectivity index (χ1) is 11.6. The quantitative estimate of drug-likeness (QED) is 0.734. The Hall–Kier alpha value is -1.98. The van der Waals surface area contributed by atoms with E-state index in [9.17, 15) is 4.79 Å². The minimum absolute atomic E-state index is 0.258. The van der Waals surface area contributed by atoms with Crippen LogP contribution in [0.4, 0.5) is 5.69 Å². The maximum Gasteiger partial charge on any atom is 0.248 e. The van der Waals surface area contributed by atoms with Gasteiger partial charge < -0.3 is 14.8 Å². The van der Waals surface area contributed by atoms with Gasteiger partial charge in [-0.1, -0.05) is 33.6 Å². The van der Waals surface area contributed by atoms with Crippen LogP contribution in [0.3, 0.4) is 0 Å². The SMILES string of the molecule is O=C(/C=C/c1ccc2c(c1)OCCCO2)Nc1ccc(Br)cc1Cl. The molecule has 2 aromatic carbocycles. The van der Waals surface area contributed by atoms with Gasteiger partial charge in [0.05, 0.1) is 23.9 Å². The molecule has 0 unspecified atom stereocenters. The van der Waals surface area contributed by atoms with E-state index in [0.717, 1.165) is 22.2 Å². The molecule has 0 atom stereocenters. The Bertz CT molecular complexity index is 792. The minimum atomic E-state index is -0.258. The Morgan fingerprint density at radius 2 is 1.92 bits per heavy atom. The molecule has 0 saturated heterocycles. The number of hydrogen-bond acceptors (Lipinski definition) is 3. The Kier molecular flexibility index (Phi) is 5.43. The highest BCUT2D eigenvalue weighted by Gasteiger charge is 2.10. The van der Waals surface area contributed by atoms with Crippen molar-refractivity contribution >= 4 is 45.2 Å². The first-order valence-corrected chi connectivity index (χ1v) is 8.63. The third-order valence-corrected chi connectivity index (χ3v) is 4.19. The van der Waals surface area contributed by atoms with E-state index in [1.54, 1.807) is 18.2 Å². The topological polar surface area (TPSA) is 47.6 Å². The Morgan fingerprint density at radius 1 is 1.12 bits per heavy atom. The van der Waals surface area contributed by atoms with Crippen LogP contribution in [-0.2, 0) is 4.79 Å². The largest absolute Gasteiger partial charge is 0.490 e. The van der Waals surface area contributed by atoms with Gasteiger partial charge in [0.25, 0.3) is 0 Å². The van der Waals surface area contributed by atoms with E-state index in [4.69, 9.17) is 21.1 Å². The van der Waals surface area contributed by atoms with Crippen molar-refractivity contribution in [2.75, 3.05) is 18.5 Å². The summed E-state index contributed by atoms with van der Waals surface area (Å²) in [5.41, 5.74) is 1.42. The highest BCUT2D eigenvalue weighted by molar-refractivity contribution is 9.10. The summed E-state index contributed by atoms with van der Waals surface area (Å²) >= 11 is 9.41. The summed E-state index contributed by atoms with van der Waals surface area (Å²) in [5.74, 6) is 1.17. The summed E-state index contributed by atoms with van der Waals surface area (Å²) in [6, 6.07) is 10.9. The molecule has 0 spiro atoms. The van der Waals surface area contributed by atoms with Gasteiger partial charge in [-0.2, -0.15) is 0 Å². The van der Waals surface area contributed by atoms with Gasteiger partial charge in [0.15, 0.2) is 11.5 Å². The highest BCUT2D eigenvalue weighted by atomic mass is 79.9. The van der Waals surface area contributed by atoms with Crippen LogP contribution in [-0.4, -0.2) is 19.1 Å². The lowest BCUT2D eigenvalue weighted by atomic mass is 10.2. The van der Waals surface area contributed by atoms with Crippen LogP contribution in [0.15, 0.2) is 46.9 Å². The van der Waals surface area contributed by atoms with Crippen LogP contribution >= 0.6 is 27.5 Å². The van der Waals surface area contributed by atoms with Crippen molar-refractivity contribution in [3.8, 4) is 11.5 Å². The normalized spacial score (nSPS) is 13.6. The third-order valence-electron chi connectivity index (χ3n) is 3.39. The summed E-state index contributed by atoms with van der Waals surface area (Å²) < 4.78 is 12.1. The molecule has 1 heterocycles. The molecule has 6 heteroatoms. The maximum atomic E-state index is 12.0. The second kappa shape index (κ2) is 7.73. The molecule has 2 aromatic rings. The van der Waals surface area contributed by atoms with Gasteiger partial charge in [0.1, 0.15) is 0 Å². The number of rotatable bonds is 3. The van der Waals surface area contributed by atoms with Crippen LogP contribution in [0.2, 0.25) is 5.02 Å². The van der Waals surface area contributed by atoms with E-state index in [1.807, 2.05) is 24.3 Å². The minimum Gasteiger partial charge on any atom is -0.490 e. The molecule has 4 nitrogen and oxygen atoms in total. The van der Waals surface area contributed by atoms with Crippen LogP contribution in [0, 0.1) is 0 Å². The first kappa shape index (κ1) is 16.9. The molecular formula is C18H15BrClNO3. The van der Waals surface area contributed by atoms with Crippen molar-refractivity contribution in [2.45, 2.75) is 6.42 Å². The Balaban J connectivity index is 1.69. The lowest BCUT2D eigenvalue weighted by Gasteiger charge is -2.07. The van der Waals surface area contributed by atoms with Crippen LogP contribution in [0.1, 0.15) is 12.0 Å². The molecule has 1 aliphatic heterocycles. The van der Waals surface area contributed by atoms with Crippen molar-refractivity contribution in [1.29, 1.82) is 0 Å². The zero-order chi connectivity index (χ0) is 16.9. The predicted octanol–water partition coefficient (Wildman–Crippen LogP) is 4.92. The molecule has 0 bridgehead atoms. The number of halogens is 2. The number of ether oxygens (including phenoxy) is 2. The van der Waals surface area contributed by atoms with E-state index in [-0.39, 0.29) is 5.91 Å². The van der Waals surface area contributed by atoms with Gasteiger partial charge in [-0.25, -0.2) is 0 Å².